The van der Waals surface area contributed by atoms with Crippen molar-refractivity contribution in [3.05, 3.63) is 46.6 Å². The Hall–Kier alpha value is -2.47. The van der Waals surface area contributed by atoms with Crippen molar-refractivity contribution in [3.8, 4) is 5.88 Å². The van der Waals surface area contributed by atoms with Gasteiger partial charge >= 0.3 is 0 Å². The fraction of sp³-hybridized carbons (Fsp3) is 0.316. The number of para-hydroxylation sites is 1. The summed E-state index contributed by atoms with van der Waals surface area (Å²) in [5.74, 6) is 0.453. The van der Waals surface area contributed by atoms with Gasteiger partial charge in [0, 0.05) is 17.1 Å². The number of aromatic nitrogens is 2. The highest BCUT2D eigenvalue weighted by atomic mass is 32.1. The van der Waals surface area contributed by atoms with Gasteiger partial charge in [-0.05, 0) is 43.9 Å². The molecule has 0 saturated carbocycles. The van der Waals surface area contributed by atoms with E-state index in [1.54, 1.807) is 11.3 Å². The lowest BCUT2D eigenvalue weighted by Crippen LogP contribution is -2.38. The van der Waals surface area contributed by atoms with E-state index in [1.165, 1.54) is 16.8 Å². The number of thiophene rings is 1. The molecular formula is C19H19N3O2S. The SMILES string of the molecule is Cc1sc2ncnc(OCC(=O)N3CCCc4ccccc43)c2c1C. The van der Waals surface area contributed by atoms with Crippen molar-refractivity contribution in [1.29, 1.82) is 0 Å². The highest BCUT2D eigenvalue weighted by Crippen LogP contribution is 2.34. The van der Waals surface area contributed by atoms with Gasteiger partial charge in [-0.1, -0.05) is 18.2 Å². The van der Waals surface area contributed by atoms with Crippen LogP contribution in [-0.2, 0) is 11.2 Å². The Balaban J connectivity index is 1.56. The molecule has 4 rings (SSSR count). The zero-order valence-corrected chi connectivity index (χ0v) is 15.1. The van der Waals surface area contributed by atoms with Gasteiger partial charge in [-0.3, -0.25) is 4.79 Å². The Kier molecular flexibility index (Phi) is 4.13. The molecule has 1 aliphatic heterocycles. The van der Waals surface area contributed by atoms with Crippen LogP contribution in [0.3, 0.4) is 0 Å². The number of nitrogens with zero attached hydrogens (tertiary/aromatic N) is 3. The molecule has 0 aliphatic carbocycles. The number of fused-ring (bicyclic) bond motifs is 2. The molecule has 0 bridgehead atoms. The molecule has 0 saturated heterocycles. The first-order valence-corrected chi connectivity index (χ1v) is 9.18. The summed E-state index contributed by atoms with van der Waals surface area (Å²) in [5.41, 5.74) is 3.33. The van der Waals surface area contributed by atoms with Crippen LogP contribution in [0.15, 0.2) is 30.6 Å². The molecule has 25 heavy (non-hydrogen) atoms. The third-order valence-electron chi connectivity index (χ3n) is 4.67. The summed E-state index contributed by atoms with van der Waals surface area (Å²) >= 11 is 1.62. The predicted molar refractivity (Wildman–Crippen MR) is 99.5 cm³/mol. The van der Waals surface area contributed by atoms with Gasteiger partial charge in [-0.15, -0.1) is 11.3 Å². The Morgan fingerprint density at radius 3 is 3.00 bits per heavy atom. The quantitative estimate of drug-likeness (QED) is 0.721. The molecule has 0 unspecified atom stereocenters. The summed E-state index contributed by atoms with van der Waals surface area (Å²) in [6, 6.07) is 8.07. The number of amides is 1. The van der Waals surface area contributed by atoms with Crippen LogP contribution in [-0.4, -0.2) is 29.0 Å². The normalized spacial score (nSPS) is 13.8. The molecule has 128 valence electrons. The lowest BCUT2D eigenvalue weighted by Gasteiger charge is -2.29. The van der Waals surface area contributed by atoms with Crippen LogP contribution in [0.25, 0.3) is 10.2 Å². The average Bonchev–Trinajstić information content (AvgIpc) is 2.94. The molecule has 5 nitrogen and oxygen atoms in total. The molecule has 3 heterocycles. The maximum atomic E-state index is 12.7. The van der Waals surface area contributed by atoms with Crippen LogP contribution >= 0.6 is 11.3 Å². The fourth-order valence-electron chi connectivity index (χ4n) is 3.26. The average molecular weight is 353 g/mol. The summed E-state index contributed by atoms with van der Waals surface area (Å²) < 4.78 is 5.81. The van der Waals surface area contributed by atoms with E-state index in [4.69, 9.17) is 4.74 Å². The van der Waals surface area contributed by atoms with Crippen molar-refractivity contribution >= 4 is 33.1 Å². The van der Waals surface area contributed by atoms with Crippen LogP contribution in [0.1, 0.15) is 22.4 Å². The van der Waals surface area contributed by atoms with Gasteiger partial charge in [0.05, 0.1) is 5.39 Å². The number of aryl methyl sites for hydroxylation is 3. The summed E-state index contributed by atoms with van der Waals surface area (Å²) in [4.78, 5) is 25.2. The minimum Gasteiger partial charge on any atom is -0.467 e. The molecule has 0 radical (unpaired) electrons. The largest absolute Gasteiger partial charge is 0.467 e. The number of ether oxygens (including phenoxy) is 1. The van der Waals surface area contributed by atoms with Crippen molar-refractivity contribution in [2.45, 2.75) is 26.7 Å². The predicted octanol–water partition coefficient (Wildman–Crippen LogP) is 3.67. The molecule has 1 aromatic carbocycles. The maximum Gasteiger partial charge on any atom is 0.264 e. The summed E-state index contributed by atoms with van der Waals surface area (Å²) in [7, 11) is 0. The Labute approximate surface area is 150 Å². The number of hydrogen-bond acceptors (Lipinski definition) is 5. The molecule has 6 heteroatoms. The third kappa shape index (κ3) is 2.87. The number of carbonyl (C=O) groups excluding carboxylic acids is 1. The van der Waals surface area contributed by atoms with Crippen molar-refractivity contribution in [2.75, 3.05) is 18.1 Å². The van der Waals surface area contributed by atoms with E-state index in [9.17, 15) is 4.79 Å². The minimum absolute atomic E-state index is 0.0191. The molecule has 1 aliphatic rings. The number of hydrogen-bond donors (Lipinski definition) is 0. The molecule has 0 spiro atoms. The van der Waals surface area contributed by atoms with Gasteiger partial charge in [0.2, 0.25) is 5.88 Å². The van der Waals surface area contributed by atoms with E-state index >= 15 is 0 Å². The van der Waals surface area contributed by atoms with E-state index in [2.05, 4.69) is 23.0 Å². The van der Waals surface area contributed by atoms with Gasteiger partial charge in [0.15, 0.2) is 6.61 Å². The van der Waals surface area contributed by atoms with Crippen LogP contribution < -0.4 is 9.64 Å². The van der Waals surface area contributed by atoms with Gasteiger partial charge in [0.1, 0.15) is 11.2 Å². The van der Waals surface area contributed by atoms with E-state index in [1.807, 2.05) is 30.0 Å². The Morgan fingerprint density at radius 1 is 1.28 bits per heavy atom. The summed E-state index contributed by atoms with van der Waals surface area (Å²) in [5, 5.41) is 0.914. The van der Waals surface area contributed by atoms with Crippen LogP contribution in [0, 0.1) is 13.8 Å². The van der Waals surface area contributed by atoms with Crippen molar-refractivity contribution < 1.29 is 9.53 Å². The van der Waals surface area contributed by atoms with E-state index in [0.717, 1.165) is 40.9 Å². The first-order valence-electron chi connectivity index (χ1n) is 8.37. The van der Waals surface area contributed by atoms with Gasteiger partial charge in [-0.25, -0.2) is 9.97 Å². The Morgan fingerprint density at radius 2 is 2.12 bits per heavy atom. The smallest absolute Gasteiger partial charge is 0.264 e. The molecule has 0 atom stereocenters. The van der Waals surface area contributed by atoms with Gasteiger partial charge < -0.3 is 9.64 Å². The number of rotatable bonds is 3. The highest BCUT2D eigenvalue weighted by Gasteiger charge is 2.23. The Bertz CT molecular complexity index is 951. The van der Waals surface area contributed by atoms with Crippen molar-refractivity contribution in [3.63, 3.8) is 0 Å². The molecular weight excluding hydrogens is 334 g/mol. The first kappa shape index (κ1) is 16.0. The van der Waals surface area contributed by atoms with Crippen LogP contribution in [0.4, 0.5) is 5.69 Å². The van der Waals surface area contributed by atoms with Crippen LogP contribution in [0.5, 0.6) is 5.88 Å². The monoisotopic (exact) mass is 353 g/mol. The molecule has 1 amide bonds. The van der Waals surface area contributed by atoms with E-state index in [0.29, 0.717) is 5.88 Å². The number of carbonyl (C=O) groups is 1. The number of benzene rings is 1. The minimum atomic E-state index is -0.0384. The molecule has 0 N–H and O–H groups in total. The fourth-order valence-corrected chi connectivity index (χ4v) is 4.25. The van der Waals surface area contributed by atoms with Crippen molar-refractivity contribution in [1.82, 2.24) is 9.97 Å². The maximum absolute atomic E-state index is 12.7. The number of anilines is 1. The van der Waals surface area contributed by atoms with Gasteiger partial charge in [0.25, 0.3) is 5.91 Å². The molecule has 2 aromatic heterocycles. The van der Waals surface area contributed by atoms with E-state index in [-0.39, 0.29) is 12.5 Å². The summed E-state index contributed by atoms with van der Waals surface area (Å²) in [6.07, 6.45) is 3.48. The lowest BCUT2D eigenvalue weighted by molar-refractivity contribution is -0.120. The second-order valence-corrected chi connectivity index (χ2v) is 7.41. The van der Waals surface area contributed by atoms with Crippen molar-refractivity contribution in [2.24, 2.45) is 0 Å². The lowest BCUT2D eigenvalue weighted by atomic mass is 10.0. The first-order chi connectivity index (χ1) is 12.1. The molecule has 3 aromatic rings. The second-order valence-electron chi connectivity index (χ2n) is 6.21. The second kappa shape index (κ2) is 6.44. The third-order valence-corrected chi connectivity index (χ3v) is 5.79. The zero-order valence-electron chi connectivity index (χ0n) is 14.3. The van der Waals surface area contributed by atoms with E-state index < -0.39 is 0 Å². The van der Waals surface area contributed by atoms with Gasteiger partial charge in [-0.2, -0.15) is 0 Å². The standard InChI is InChI=1S/C19H19N3O2S/c1-12-13(2)25-19-17(12)18(20-11-21-19)24-10-16(23)22-9-5-7-14-6-3-4-8-15(14)22/h3-4,6,8,11H,5,7,9-10H2,1-2H3. The highest BCUT2D eigenvalue weighted by molar-refractivity contribution is 7.18. The zero-order chi connectivity index (χ0) is 17.4. The molecule has 0 fully saturated rings. The van der Waals surface area contributed by atoms with Crippen LogP contribution in [0.2, 0.25) is 0 Å². The summed E-state index contributed by atoms with van der Waals surface area (Å²) in [6.45, 7) is 4.80. The topological polar surface area (TPSA) is 55.3 Å².